The van der Waals surface area contributed by atoms with Crippen LogP contribution in [0.15, 0.2) is 54.7 Å². The van der Waals surface area contributed by atoms with Gasteiger partial charge in [-0.2, -0.15) is 0 Å². The fourth-order valence-electron chi connectivity index (χ4n) is 4.71. The summed E-state index contributed by atoms with van der Waals surface area (Å²) >= 11 is 0. The Morgan fingerprint density at radius 3 is 2.88 bits per heavy atom. The maximum atomic E-state index is 13.4. The number of pyridine rings is 1. The van der Waals surface area contributed by atoms with E-state index in [4.69, 9.17) is 9.72 Å². The van der Waals surface area contributed by atoms with Crippen LogP contribution in [-0.4, -0.2) is 44.7 Å². The lowest BCUT2D eigenvalue weighted by atomic mass is 9.95. The molecule has 2 N–H and O–H groups in total. The SMILES string of the molecule is CN(C)c1c(C(=O)N[C@H]2CCOc3ccccc32)cnc2c(C3=CCNCC3)cccc12. The number of nitrogens with zero attached hydrogens (tertiary/aromatic N) is 2. The molecular formula is C26H28N4O2. The number of fused-ring (bicyclic) bond motifs is 2. The molecular weight excluding hydrogens is 400 g/mol. The molecule has 3 heterocycles. The summed E-state index contributed by atoms with van der Waals surface area (Å²) in [5, 5.41) is 7.58. The van der Waals surface area contributed by atoms with E-state index >= 15 is 0 Å². The molecule has 164 valence electrons. The van der Waals surface area contributed by atoms with Crippen molar-refractivity contribution < 1.29 is 9.53 Å². The number of amides is 1. The van der Waals surface area contributed by atoms with Crippen LogP contribution in [0.1, 0.15) is 40.4 Å². The Morgan fingerprint density at radius 2 is 2.06 bits per heavy atom. The Kier molecular flexibility index (Phi) is 5.53. The lowest BCUT2D eigenvalue weighted by Crippen LogP contribution is -2.33. The molecule has 0 saturated heterocycles. The van der Waals surface area contributed by atoms with Gasteiger partial charge < -0.3 is 20.3 Å². The summed E-state index contributed by atoms with van der Waals surface area (Å²) in [5.74, 6) is 0.727. The molecule has 0 bridgehead atoms. The lowest BCUT2D eigenvalue weighted by molar-refractivity contribution is 0.0925. The predicted octanol–water partition coefficient (Wildman–Crippen LogP) is 3.93. The molecule has 2 aromatic carbocycles. The molecule has 5 rings (SSSR count). The van der Waals surface area contributed by atoms with Gasteiger partial charge in [0.05, 0.1) is 29.4 Å². The van der Waals surface area contributed by atoms with E-state index in [0.717, 1.165) is 59.4 Å². The Labute approximate surface area is 188 Å². The molecule has 0 unspecified atom stereocenters. The first-order valence-electron chi connectivity index (χ1n) is 11.1. The number of rotatable bonds is 4. The second-order valence-electron chi connectivity index (χ2n) is 8.50. The Balaban J connectivity index is 1.54. The van der Waals surface area contributed by atoms with Gasteiger partial charge in [0.1, 0.15) is 5.75 Å². The van der Waals surface area contributed by atoms with Crippen molar-refractivity contribution in [3.63, 3.8) is 0 Å². The molecule has 0 fully saturated rings. The number of hydrogen-bond donors (Lipinski definition) is 2. The van der Waals surface area contributed by atoms with Crippen LogP contribution in [0.4, 0.5) is 5.69 Å². The number of carbonyl (C=O) groups is 1. The molecule has 1 atom stereocenters. The average Bonchev–Trinajstić information content (AvgIpc) is 2.83. The number of anilines is 1. The zero-order valence-electron chi connectivity index (χ0n) is 18.5. The highest BCUT2D eigenvalue weighted by molar-refractivity contribution is 6.09. The summed E-state index contributed by atoms with van der Waals surface area (Å²) in [5.41, 5.74) is 5.90. The molecule has 3 aromatic rings. The van der Waals surface area contributed by atoms with Crippen molar-refractivity contribution in [2.45, 2.75) is 18.9 Å². The van der Waals surface area contributed by atoms with E-state index < -0.39 is 0 Å². The van der Waals surface area contributed by atoms with Gasteiger partial charge in [-0.1, -0.05) is 42.5 Å². The highest BCUT2D eigenvalue weighted by atomic mass is 16.5. The Hall–Kier alpha value is -3.38. The van der Waals surface area contributed by atoms with Gasteiger partial charge in [0.25, 0.3) is 5.91 Å². The van der Waals surface area contributed by atoms with Crippen LogP contribution in [0.3, 0.4) is 0 Å². The van der Waals surface area contributed by atoms with E-state index in [0.29, 0.717) is 12.2 Å². The molecule has 6 nitrogen and oxygen atoms in total. The summed E-state index contributed by atoms with van der Waals surface area (Å²) in [6.07, 6.45) is 5.68. The van der Waals surface area contributed by atoms with Crippen LogP contribution in [0.2, 0.25) is 0 Å². The number of nitrogens with one attached hydrogen (secondary N) is 2. The zero-order chi connectivity index (χ0) is 22.1. The summed E-state index contributed by atoms with van der Waals surface area (Å²) in [7, 11) is 3.96. The number of ether oxygens (including phenoxy) is 1. The lowest BCUT2D eigenvalue weighted by Gasteiger charge is -2.27. The molecule has 0 radical (unpaired) electrons. The standard InChI is InChI=1S/C26H28N4O2/c1-30(2)25-20-8-5-7-18(17-10-13-27-14-11-17)24(20)28-16-21(25)26(31)29-22-12-15-32-23-9-4-3-6-19(22)23/h3-10,16,22,27H,11-15H2,1-2H3,(H,29,31)/t22-/m0/s1. The second kappa shape index (κ2) is 8.63. The van der Waals surface area contributed by atoms with Crippen LogP contribution in [0.5, 0.6) is 5.75 Å². The van der Waals surface area contributed by atoms with Gasteiger partial charge in [-0.25, -0.2) is 0 Å². The minimum absolute atomic E-state index is 0.0793. The highest BCUT2D eigenvalue weighted by Crippen LogP contribution is 2.35. The Morgan fingerprint density at radius 1 is 1.19 bits per heavy atom. The van der Waals surface area contributed by atoms with Crippen molar-refractivity contribution in [3.05, 3.63) is 71.4 Å². The van der Waals surface area contributed by atoms with Crippen LogP contribution in [0.25, 0.3) is 16.5 Å². The van der Waals surface area contributed by atoms with Gasteiger partial charge in [0, 0.05) is 49.8 Å². The molecule has 0 aliphatic carbocycles. The van der Waals surface area contributed by atoms with Crippen LogP contribution in [-0.2, 0) is 0 Å². The van der Waals surface area contributed by atoms with Gasteiger partial charge in [0.2, 0.25) is 0 Å². The van der Waals surface area contributed by atoms with Gasteiger partial charge >= 0.3 is 0 Å². The van der Waals surface area contributed by atoms with Crippen molar-refractivity contribution in [2.24, 2.45) is 0 Å². The quantitative estimate of drug-likeness (QED) is 0.659. The monoisotopic (exact) mass is 428 g/mol. The van der Waals surface area contributed by atoms with Gasteiger partial charge in [-0.05, 0) is 24.6 Å². The summed E-state index contributed by atoms with van der Waals surface area (Å²) in [6.45, 7) is 2.43. The van der Waals surface area contributed by atoms with E-state index in [-0.39, 0.29) is 11.9 Å². The maximum Gasteiger partial charge on any atom is 0.255 e. The molecule has 2 aliphatic rings. The summed E-state index contributed by atoms with van der Waals surface area (Å²) in [6, 6.07) is 14.1. The van der Waals surface area contributed by atoms with Gasteiger partial charge in [-0.3, -0.25) is 9.78 Å². The topological polar surface area (TPSA) is 66.5 Å². The van der Waals surface area contributed by atoms with Crippen molar-refractivity contribution in [2.75, 3.05) is 38.7 Å². The third-order valence-corrected chi connectivity index (χ3v) is 6.23. The van der Waals surface area contributed by atoms with E-state index in [1.807, 2.05) is 43.3 Å². The minimum Gasteiger partial charge on any atom is -0.493 e. The van der Waals surface area contributed by atoms with E-state index in [1.165, 1.54) is 5.57 Å². The fraction of sp³-hybridized carbons (Fsp3) is 0.308. The van der Waals surface area contributed by atoms with Crippen LogP contribution in [0, 0.1) is 0 Å². The number of para-hydroxylation sites is 2. The summed E-state index contributed by atoms with van der Waals surface area (Å²) in [4.78, 5) is 20.2. The number of carbonyl (C=O) groups excluding carboxylic acids is 1. The number of benzene rings is 2. The van der Waals surface area contributed by atoms with Crippen molar-refractivity contribution in [3.8, 4) is 5.75 Å². The molecule has 32 heavy (non-hydrogen) atoms. The molecule has 0 spiro atoms. The van der Waals surface area contributed by atoms with Crippen molar-refractivity contribution in [1.82, 2.24) is 15.6 Å². The van der Waals surface area contributed by atoms with E-state index in [9.17, 15) is 4.79 Å². The Bertz CT molecular complexity index is 1200. The second-order valence-corrected chi connectivity index (χ2v) is 8.50. The first-order chi connectivity index (χ1) is 15.6. The van der Waals surface area contributed by atoms with Gasteiger partial charge in [0.15, 0.2) is 0 Å². The molecule has 0 saturated carbocycles. The number of aromatic nitrogens is 1. The third kappa shape index (κ3) is 3.71. The third-order valence-electron chi connectivity index (χ3n) is 6.23. The van der Waals surface area contributed by atoms with Gasteiger partial charge in [-0.15, -0.1) is 0 Å². The van der Waals surface area contributed by atoms with Crippen LogP contribution < -0.4 is 20.3 Å². The minimum atomic E-state index is -0.115. The first-order valence-corrected chi connectivity index (χ1v) is 11.1. The smallest absolute Gasteiger partial charge is 0.255 e. The normalized spacial score (nSPS) is 17.8. The zero-order valence-corrected chi connectivity index (χ0v) is 18.5. The number of hydrogen-bond acceptors (Lipinski definition) is 5. The molecule has 6 heteroatoms. The molecule has 1 aromatic heterocycles. The first kappa shape index (κ1) is 20.5. The molecule has 1 amide bonds. The van der Waals surface area contributed by atoms with Crippen molar-refractivity contribution in [1.29, 1.82) is 0 Å². The van der Waals surface area contributed by atoms with E-state index in [2.05, 4.69) is 34.9 Å². The predicted molar refractivity (Wildman–Crippen MR) is 128 cm³/mol. The summed E-state index contributed by atoms with van der Waals surface area (Å²) < 4.78 is 5.75. The maximum absolute atomic E-state index is 13.4. The fourth-order valence-corrected chi connectivity index (χ4v) is 4.71. The largest absolute Gasteiger partial charge is 0.493 e. The average molecular weight is 429 g/mol. The molecule has 2 aliphatic heterocycles. The van der Waals surface area contributed by atoms with E-state index in [1.54, 1.807) is 6.20 Å². The van der Waals surface area contributed by atoms with Crippen LogP contribution >= 0.6 is 0 Å². The highest BCUT2D eigenvalue weighted by Gasteiger charge is 2.26. The van der Waals surface area contributed by atoms with Crippen molar-refractivity contribution >= 4 is 28.1 Å².